The van der Waals surface area contributed by atoms with E-state index in [2.05, 4.69) is 15.3 Å². The van der Waals surface area contributed by atoms with Crippen molar-refractivity contribution in [3.63, 3.8) is 0 Å². The van der Waals surface area contributed by atoms with Crippen LogP contribution in [0.3, 0.4) is 0 Å². The minimum Gasteiger partial charge on any atom is -0.344 e. The predicted molar refractivity (Wildman–Crippen MR) is 76.8 cm³/mol. The van der Waals surface area contributed by atoms with Crippen LogP contribution in [-0.2, 0) is 0 Å². The van der Waals surface area contributed by atoms with Crippen LogP contribution >= 0.6 is 23.2 Å². The van der Waals surface area contributed by atoms with Crippen molar-refractivity contribution in [2.75, 3.05) is 11.8 Å². The third-order valence-electron chi connectivity index (χ3n) is 2.74. The lowest BCUT2D eigenvalue weighted by molar-refractivity contribution is 0.0921. The Morgan fingerprint density at radius 2 is 1.84 bits per heavy atom. The standard InChI is InChI=1S/C13H13Cl2N3O/c1-13(7-14,8-15)18-12(19)9-2-3-10-11(6-9)17-5-4-16-10/h2-6H,7-8H2,1H3,(H,18,19). The molecule has 0 saturated heterocycles. The van der Waals surface area contributed by atoms with Gasteiger partial charge in [0.1, 0.15) is 0 Å². The highest BCUT2D eigenvalue weighted by Gasteiger charge is 2.24. The molecule has 0 aliphatic heterocycles. The highest BCUT2D eigenvalue weighted by Crippen LogP contribution is 2.14. The Bertz CT molecular complexity index is 599. The van der Waals surface area contributed by atoms with Gasteiger partial charge in [-0.05, 0) is 25.1 Å². The molecule has 4 nitrogen and oxygen atoms in total. The van der Waals surface area contributed by atoms with E-state index in [0.717, 1.165) is 5.52 Å². The van der Waals surface area contributed by atoms with E-state index in [4.69, 9.17) is 23.2 Å². The van der Waals surface area contributed by atoms with Crippen LogP contribution in [-0.4, -0.2) is 33.2 Å². The van der Waals surface area contributed by atoms with Crippen LogP contribution in [0.1, 0.15) is 17.3 Å². The van der Waals surface area contributed by atoms with E-state index in [1.165, 1.54) is 0 Å². The number of nitrogens with one attached hydrogen (secondary N) is 1. The number of nitrogens with zero attached hydrogens (tertiary/aromatic N) is 2. The molecule has 2 aromatic rings. The van der Waals surface area contributed by atoms with Gasteiger partial charge in [0.2, 0.25) is 0 Å². The minimum absolute atomic E-state index is 0.226. The van der Waals surface area contributed by atoms with Crippen molar-refractivity contribution in [3.8, 4) is 0 Å². The van der Waals surface area contributed by atoms with E-state index < -0.39 is 5.54 Å². The summed E-state index contributed by atoms with van der Waals surface area (Å²) in [6, 6.07) is 5.16. The average Bonchev–Trinajstić information content (AvgIpc) is 2.46. The number of rotatable bonds is 4. The van der Waals surface area contributed by atoms with Gasteiger partial charge in [0, 0.05) is 29.7 Å². The Hall–Kier alpha value is -1.39. The van der Waals surface area contributed by atoms with Crippen molar-refractivity contribution < 1.29 is 4.79 Å². The summed E-state index contributed by atoms with van der Waals surface area (Å²) in [6.45, 7) is 1.80. The van der Waals surface area contributed by atoms with Gasteiger partial charge in [0.25, 0.3) is 5.91 Å². The molecule has 0 aliphatic carbocycles. The first-order valence-electron chi connectivity index (χ1n) is 5.73. The van der Waals surface area contributed by atoms with Crippen LogP contribution in [0.5, 0.6) is 0 Å². The Kier molecular flexibility index (Phi) is 4.22. The van der Waals surface area contributed by atoms with Gasteiger partial charge >= 0.3 is 0 Å². The average molecular weight is 298 g/mol. The van der Waals surface area contributed by atoms with E-state index >= 15 is 0 Å². The molecule has 1 amide bonds. The van der Waals surface area contributed by atoms with Crippen molar-refractivity contribution in [1.82, 2.24) is 15.3 Å². The van der Waals surface area contributed by atoms with E-state index in [1.807, 2.05) is 0 Å². The molecule has 100 valence electrons. The molecule has 0 fully saturated rings. The molecule has 1 heterocycles. The minimum atomic E-state index is -0.627. The maximum atomic E-state index is 12.1. The number of carbonyl (C=O) groups excluding carboxylic acids is 1. The zero-order chi connectivity index (χ0) is 13.9. The fourth-order valence-corrected chi connectivity index (χ4v) is 1.97. The first-order valence-corrected chi connectivity index (χ1v) is 6.80. The monoisotopic (exact) mass is 297 g/mol. The number of alkyl halides is 2. The second kappa shape index (κ2) is 5.72. The van der Waals surface area contributed by atoms with Gasteiger partial charge in [0.15, 0.2) is 0 Å². The topological polar surface area (TPSA) is 54.9 Å². The molecule has 1 aromatic heterocycles. The van der Waals surface area contributed by atoms with Crippen LogP contribution in [0, 0.1) is 0 Å². The van der Waals surface area contributed by atoms with Gasteiger partial charge in [0.05, 0.1) is 16.6 Å². The van der Waals surface area contributed by atoms with E-state index in [0.29, 0.717) is 11.1 Å². The molecule has 0 aliphatic rings. The van der Waals surface area contributed by atoms with Gasteiger partial charge in [-0.15, -0.1) is 23.2 Å². The maximum Gasteiger partial charge on any atom is 0.251 e. The third-order valence-corrected chi connectivity index (χ3v) is 3.92. The van der Waals surface area contributed by atoms with E-state index in [1.54, 1.807) is 37.5 Å². The number of amides is 1. The summed E-state index contributed by atoms with van der Waals surface area (Å²) in [5.41, 5.74) is 1.30. The molecular formula is C13H13Cl2N3O. The second-order valence-corrected chi connectivity index (χ2v) is 5.08. The van der Waals surface area contributed by atoms with Gasteiger partial charge in [-0.2, -0.15) is 0 Å². The molecular weight excluding hydrogens is 285 g/mol. The molecule has 0 radical (unpaired) electrons. The number of aromatic nitrogens is 2. The number of fused-ring (bicyclic) bond motifs is 1. The zero-order valence-electron chi connectivity index (χ0n) is 10.4. The Morgan fingerprint density at radius 1 is 1.21 bits per heavy atom. The van der Waals surface area contributed by atoms with Crippen LogP contribution in [0.25, 0.3) is 11.0 Å². The molecule has 0 saturated carbocycles. The van der Waals surface area contributed by atoms with E-state index in [-0.39, 0.29) is 17.7 Å². The fraction of sp³-hybridized carbons (Fsp3) is 0.308. The third kappa shape index (κ3) is 3.14. The number of hydrogen-bond acceptors (Lipinski definition) is 3. The van der Waals surface area contributed by atoms with Gasteiger partial charge in [-0.25, -0.2) is 0 Å². The smallest absolute Gasteiger partial charge is 0.251 e. The predicted octanol–water partition coefficient (Wildman–Crippen LogP) is 2.60. The van der Waals surface area contributed by atoms with E-state index in [9.17, 15) is 4.79 Å². The van der Waals surface area contributed by atoms with Crippen LogP contribution in [0.15, 0.2) is 30.6 Å². The number of hydrogen-bond donors (Lipinski definition) is 1. The first kappa shape index (κ1) is 14.0. The van der Waals surface area contributed by atoms with Gasteiger partial charge in [-0.1, -0.05) is 0 Å². The Labute approximate surface area is 121 Å². The molecule has 6 heteroatoms. The van der Waals surface area contributed by atoms with Crippen molar-refractivity contribution in [2.24, 2.45) is 0 Å². The fourth-order valence-electron chi connectivity index (χ4n) is 1.55. The van der Waals surface area contributed by atoms with Crippen molar-refractivity contribution >= 4 is 40.1 Å². The quantitative estimate of drug-likeness (QED) is 0.883. The lowest BCUT2D eigenvalue weighted by atomic mass is 10.1. The molecule has 0 atom stereocenters. The van der Waals surface area contributed by atoms with Crippen molar-refractivity contribution in [2.45, 2.75) is 12.5 Å². The summed E-state index contributed by atoms with van der Waals surface area (Å²) in [6.07, 6.45) is 3.20. The lowest BCUT2D eigenvalue weighted by Crippen LogP contribution is -2.49. The molecule has 2 rings (SSSR count). The number of carbonyl (C=O) groups is 1. The highest BCUT2D eigenvalue weighted by molar-refractivity contribution is 6.22. The van der Waals surface area contributed by atoms with Crippen molar-refractivity contribution in [1.29, 1.82) is 0 Å². The van der Waals surface area contributed by atoms with Gasteiger partial charge < -0.3 is 5.32 Å². The number of benzene rings is 1. The molecule has 0 spiro atoms. The molecule has 1 aromatic carbocycles. The molecule has 0 bridgehead atoms. The Morgan fingerprint density at radius 3 is 2.47 bits per heavy atom. The van der Waals surface area contributed by atoms with Crippen LogP contribution < -0.4 is 5.32 Å². The summed E-state index contributed by atoms with van der Waals surface area (Å²) >= 11 is 11.6. The van der Waals surface area contributed by atoms with Gasteiger partial charge in [-0.3, -0.25) is 14.8 Å². The maximum absolute atomic E-state index is 12.1. The summed E-state index contributed by atoms with van der Waals surface area (Å²) < 4.78 is 0. The van der Waals surface area contributed by atoms with Crippen molar-refractivity contribution in [3.05, 3.63) is 36.2 Å². The summed E-state index contributed by atoms with van der Waals surface area (Å²) in [5, 5.41) is 2.82. The first-order chi connectivity index (χ1) is 9.08. The molecule has 1 N–H and O–H groups in total. The molecule has 0 unspecified atom stereocenters. The normalized spacial score (nSPS) is 11.5. The summed E-state index contributed by atoms with van der Waals surface area (Å²) in [7, 11) is 0. The second-order valence-electron chi connectivity index (χ2n) is 4.54. The summed E-state index contributed by atoms with van der Waals surface area (Å²) in [4.78, 5) is 20.5. The van der Waals surface area contributed by atoms with Crippen LogP contribution in [0.4, 0.5) is 0 Å². The molecule has 19 heavy (non-hydrogen) atoms. The highest BCUT2D eigenvalue weighted by atomic mass is 35.5. The largest absolute Gasteiger partial charge is 0.344 e. The summed E-state index contributed by atoms with van der Waals surface area (Å²) in [5.74, 6) is 0.266. The lowest BCUT2D eigenvalue weighted by Gasteiger charge is -2.25. The number of halogens is 2. The SMILES string of the molecule is CC(CCl)(CCl)NC(=O)c1ccc2nccnc2c1. The Balaban J connectivity index is 2.26. The van der Waals surface area contributed by atoms with Crippen LogP contribution in [0.2, 0.25) is 0 Å². The zero-order valence-corrected chi connectivity index (χ0v) is 11.9.